The standard InChI is InChI=1S/C9H10O3.C7H8.C3H5NO4.H3N/c1-11-8-3-4-9(12-2)7(5-8)6-10;1-7-5-3-2-4-6-7;5-3(6)1-2-4(7)8;/h3-6H,1-2H3;2-6H,1H3;1-2H2,(H,5,6);1H3. The number of methoxy groups -OCH3 is 2. The summed E-state index contributed by atoms with van der Waals surface area (Å²) in [6.45, 7) is 1.59. The first-order chi connectivity index (χ1) is 12.8. The number of nitro groups is 1. The molecule has 0 aliphatic rings. The van der Waals surface area contributed by atoms with Gasteiger partial charge in [0.25, 0.3) is 0 Å². The number of aliphatic carboxylic acids is 1. The van der Waals surface area contributed by atoms with Crippen molar-refractivity contribution in [1.82, 2.24) is 6.15 Å². The minimum absolute atomic E-state index is 0. The van der Waals surface area contributed by atoms with Crippen molar-refractivity contribution in [2.45, 2.75) is 13.3 Å². The van der Waals surface area contributed by atoms with Gasteiger partial charge < -0.3 is 20.7 Å². The molecule has 0 saturated heterocycles. The van der Waals surface area contributed by atoms with Gasteiger partial charge in [-0.25, -0.2) is 0 Å². The van der Waals surface area contributed by atoms with Gasteiger partial charge in [-0.15, -0.1) is 0 Å². The lowest BCUT2D eigenvalue weighted by Crippen LogP contribution is -2.06. The predicted octanol–water partition coefficient (Wildman–Crippen LogP) is 3.41. The molecule has 0 heterocycles. The van der Waals surface area contributed by atoms with Crippen LogP contribution >= 0.6 is 0 Å². The average Bonchev–Trinajstić information content (AvgIpc) is 2.67. The highest BCUT2D eigenvalue weighted by molar-refractivity contribution is 5.80. The van der Waals surface area contributed by atoms with Gasteiger partial charge in [0, 0.05) is 4.92 Å². The molecule has 0 aliphatic heterocycles. The average molecular weight is 394 g/mol. The summed E-state index contributed by atoms with van der Waals surface area (Å²) in [5.41, 5.74) is 1.82. The number of hydrogen-bond acceptors (Lipinski definition) is 7. The molecule has 0 aromatic heterocycles. The minimum Gasteiger partial charge on any atom is -0.497 e. The zero-order valence-electron chi connectivity index (χ0n) is 16.2. The van der Waals surface area contributed by atoms with Crippen LogP contribution in [-0.4, -0.2) is 43.0 Å². The van der Waals surface area contributed by atoms with E-state index in [0.717, 1.165) is 6.29 Å². The molecule has 28 heavy (non-hydrogen) atoms. The van der Waals surface area contributed by atoms with Crippen molar-refractivity contribution in [1.29, 1.82) is 0 Å². The van der Waals surface area contributed by atoms with Gasteiger partial charge in [-0.2, -0.15) is 0 Å². The molecule has 0 unspecified atom stereocenters. The van der Waals surface area contributed by atoms with E-state index < -0.39 is 23.9 Å². The van der Waals surface area contributed by atoms with Gasteiger partial charge >= 0.3 is 5.97 Å². The van der Waals surface area contributed by atoms with E-state index in [1.54, 1.807) is 25.3 Å². The van der Waals surface area contributed by atoms with Crippen LogP contribution in [0.4, 0.5) is 0 Å². The molecule has 0 fully saturated rings. The first-order valence-electron chi connectivity index (χ1n) is 7.86. The van der Waals surface area contributed by atoms with Crippen LogP contribution in [0.2, 0.25) is 0 Å². The van der Waals surface area contributed by atoms with Gasteiger partial charge in [0.15, 0.2) is 6.29 Å². The maximum Gasteiger partial charge on any atom is 0.310 e. The molecule has 0 atom stereocenters. The molecule has 0 radical (unpaired) electrons. The SMILES string of the molecule is COc1ccc(OC)c(C=O)c1.Cc1ccccc1.N.O=C(O)CC[N+](=O)[O-]. The molecule has 2 rings (SSSR count). The molecular weight excluding hydrogens is 368 g/mol. The lowest BCUT2D eigenvalue weighted by Gasteiger charge is -2.04. The molecule has 0 bridgehead atoms. The Labute approximate surface area is 163 Å². The molecule has 4 N–H and O–H groups in total. The van der Waals surface area contributed by atoms with Gasteiger partial charge in [-0.05, 0) is 25.1 Å². The molecule has 9 nitrogen and oxygen atoms in total. The third kappa shape index (κ3) is 12.8. The number of carboxylic acids is 1. The zero-order chi connectivity index (χ0) is 20.7. The number of carbonyl (C=O) groups is 2. The summed E-state index contributed by atoms with van der Waals surface area (Å²) in [6.07, 6.45) is 0.342. The predicted molar refractivity (Wildman–Crippen MR) is 105 cm³/mol. The second-order valence-corrected chi connectivity index (χ2v) is 5.08. The summed E-state index contributed by atoms with van der Waals surface area (Å²) in [5, 5.41) is 17.3. The third-order valence-electron chi connectivity index (χ3n) is 3.01. The van der Waals surface area contributed by atoms with Gasteiger partial charge in [0.1, 0.15) is 17.9 Å². The fourth-order valence-electron chi connectivity index (χ4n) is 1.65. The summed E-state index contributed by atoms with van der Waals surface area (Å²) in [4.78, 5) is 28.9. The maximum atomic E-state index is 10.5. The smallest absolute Gasteiger partial charge is 0.310 e. The summed E-state index contributed by atoms with van der Waals surface area (Å²) in [6, 6.07) is 15.3. The second-order valence-electron chi connectivity index (χ2n) is 5.08. The number of carboxylic acid groups (broad SMARTS) is 1. The summed E-state index contributed by atoms with van der Waals surface area (Å²) >= 11 is 0. The monoisotopic (exact) mass is 394 g/mol. The van der Waals surface area contributed by atoms with Crippen LogP contribution in [0.1, 0.15) is 22.3 Å². The van der Waals surface area contributed by atoms with E-state index in [0.29, 0.717) is 17.1 Å². The normalized spacial score (nSPS) is 8.54. The van der Waals surface area contributed by atoms with E-state index in [1.807, 2.05) is 18.2 Å². The van der Waals surface area contributed by atoms with Gasteiger partial charge in [0.2, 0.25) is 6.54 Å². The Hall–Kier alpha value is -3.46. The Kier molecular flexibility index (Phi) is 15.1. The van der Waals surface area contributed by atoms with E-state index in [1.165, 1.54) is 12.7 Å². The molecule has 2 aromatic carbocycles. The van der Waals surface area contributed by atoms with Gasteiger partial charge in [0.05, 0.1) is 19.8 Å². The quantitative estimate of drug-likeness (QED) is 0.429. The second kappa shape index (κ2) is 15.8. The lowest BCUT2D eigenvalue weighted by atomic mass is 10.2. The number of rotatable bonds is 6. The zero-order valence-corrected chi connectivity index (χ0v) is 16.2. The Morgan fingerprint density at radius 3 is 2.07 bits per heavy atom. The summed E-state index contributed by atoms with van der Waals surface area (Å²) in [5.74, 6) is 0.0744. The van der Waals surface area contributed by atoms with Crippen LogP contribution in [-0.2, 0) is 4.79 Å². The number of ether oxygens (including phenoxy) is 2. The molecule has 0 aliphatic carbocycles. The molecule has 9 heteroatoms. The van der Waals surface area contributed by atoms with Gasteiger partial charge in [-0.3, -0.25) is 19.7 Å². The highest BCUT2D eigenvalue weighted by Gasteiger charge is 2.02. The molecule has 2 aromatic rings. The van der Waals surface area contributed by atoms with E-state index in [4.69, 9.17) is 14.6 Å². The van der Waals surface area contributed by atoms with Crippen molar-refractivity contribution in [3.63, 3.8) is 0 Å². The first kappa shape index (κ1) is 26.8. The van der Waals surface area contributed by atoms with E-state index in [2.05, 4.69) is 19.1 Å². The Morgan fingerprint density at radius 1 is 1.14 bits per heavy atom. The van der Waals surface area contributed by atoms with Crippen LogP contribution in [0.3, 0.4) is 0 Å². The highest BCUT2D eigenvalue weighted by atomic mass is 16.6. The van der Waals surface area contributed by atoms with Crippen molar-refractivity contribution in [2.24, 2.45) is 0 Å². The Bertz CT molecular complexity index is 707. The Balaban J connectivity index is 0. The van der Waals surface area contributed by atoms with Crippen molar-refractivity contribution in [3.8, 4) is 11.5 Å². The van der Waals surface area contributed by atoms with Crippen LogP contribution < -0.4 is 15.6 Å². The maximum absolute atomic E-state index is 10.5. The molecular formula is C19H26N2O7. The van der Waals surface area contributed by atoms with Crippen LogP contribution in [0.5, 0.6) is 11.5 Å². The van der Waals surface area contributed by atoms with E-state index in [-0.39, 0.29) is 6.15 Å². The van der Waals surface area contributed by atoms with Crippen LogP contribution in [0.25, 0.3) is 0 Å². The molecule has 0 saturated carbocycles. The van der Waals surface area contributed by atoms with Crippen molar-refractivity contribution in [2.75, 3.05) is 20.8 Å². The number of hydrogen-bond donors (Lipinski definition) is 2. The van der Waals surface area contributed by atoms with Gasteiger partial charge in [-0.1, -0.05) is 35.9 Å². The fraction of sp³-hybridized carbons (Fsp3) is 0.263. The molecule has 0 spiro atoms. The first-order valence-corrected chi connectivity index (χ1v) is 7.86. The molecule has 0 amide bonds. The van der Waals surface area contributed by atoms with Crippen molar-refractivity contribution < 1.29 is 29.1 Å². The number of benzene rings is 2. The third-order valence-corrected chi connectivity index (χ3v) is 3.01. The number of aryl methyl sites for hydroxylation is 1. The largest absolute Gasteiger partial charge is 0.497 e. The van der Waals surface area contributed by atoms with Crippen molar-refractivity contribution in [3.05, 3.63) is 69.8 Å². The van der Waals surface area contributed by atoms with E-state index in [9.17, 15) is 19.7 Å². The Morgan fingerprint density at radius 2 is 1.75 bits per heavy atom. The number of aldehydes is 1. The lowest BCUT2D eigenvalue weighted by molar-refractivity contribution is -0.478. The highest BCUT2D eigenvalue weighted by Crippen LogP contribution is 2.21. The minimum atomic E-state index is -1.14. The summed E-state index contributed by atoms with van der Waals surface area (Å²) in [7, 11) is 3.07. The molecule has 154 valence electrons. The number of carbonyl (C=O) groups excluding carboxylic acids is 1. The summed E-state index contributed by atoms with van der Waals surface area (Å²) < 4.78 is 9.89. The van der Waals surface area contributed by atoms with Crippen molar-refractivity contribution >= 4 is 12.3 Å². The fourth-order valence-corrected chi connectivity index (χ4v) is 1.65. The topological polar surface area (TPSA) is 151 Å². The van der Waals surface area contributed by atoms with Crippen LogP contribution in [0.15, 0.2) is 48.5 Å². The van der Waals surface area contributed by atoms with E-state index >= 15 is 0 Å². The van der Waals surface area contributed by atoms with Crippen LogP contribution in [0, 0.1) is 17.0 Å². The number of nitrogens with zero attached hydrogens (tertiary/aromatic N) is 1.